The fourth-order valence-electron chi connectivity index (χ4n) is 3.62. The van der Waals surface area contributed by atoms with Gasteiger partial charge in [-0.15, -0.1) is 0 Å². The van der Waals surface area contributed by atoms with E-state index in [1.807, 2.05) is 48.5 Å². The van der Waals surface area contributed by atoms with E-state index >= 15 is 0 Å². The number of anilines is 2. The Morgan fingerprint density at radius 2 is 1.68 bits per heavy atom. The van der Waals surface area contributed by atoms with Gasteiger partial charge in [0.25, 0.3) is 0 Å². The highest BCUT2D eigenvalue weighted by atomic mass is 16.4. The molecule has 1 aromatic heterocycles. The van der Waals surface area contributed by atoms with Crippen molar-refractivity contribution in [2.75, 3.05) is 10.6 Å². The average Bonchev–Trinajstić information content (AvgIpc) is 3.23. The van der Waals surface area contributed by atoms with Gasteiger partial charge in [-0.1, -0.05) is 55.3 Å². The van der Waals surface area contributed by atoms with Crippen LogP contribution in [0, 0.1) is 0 Å². The second-order valence-electron chi connectivity index (χ2n) is 7.05. The SMILES string of the molecule is O=C(NCc1ccccc1)Nc1c(NC2CCCC2)c2ccccc2oc1=O. The Kier molecular flexibility index (Phi) is 5.28. The molecule has 0 bridgehead atoms. The number of carbonyl (C=O) groups excluding carboxylic acids is 1. The second-order valence-corrected chi connectivity index (χ2v) is 7.05. The summed E-state index contributed by atoms with van der Waals surface area (Å²) in [7, 11) is 0. The number of hydrogen-bond donors (Lipinski definition) is 3. The topological polar surface area (TPSA) is 83.4 Å². The number of hydrogen-bond acceptors (Lipinski definition) is 4. The van der Waals surface area contributed by atoms with Gasteiger partial charge >= 0.3 is 11.7 Å². The van der Waals surface area contributed by atoms with Crippen molar-refractivity contribution < 1.29 is 9.21 Å². The molecule has 0 unspecified atom stereocenters. The maximum atomic E-state index is 12.6. The number of amides is 2. The minimum absolute atomic E-state index is 0.149. The highest BCUT2D eigenvalue weighted by molar-refractivity contribution is 6.01. The van der Waals surface area contributed by atoms with Gasteiger partial charge in [0.05, 0.1) is 5.69 Å². The Bertz CT molecular complexity index is 1020. The third-order valence-electron chi connectivity index (χ3n) is 5.05. The number of urea groups is 1. The van der Waals surface area contributed by atoms with Gasteiger partial charge in [0.15, 0.2) is 5.69 Å². The van der Waals surface area contributed by atoms with Crippen LogP contribution in [0.15, 0.2) is 63.8 Å². The number of carbonyl (C=O) groups is 1. The summed E-state index contributed by atoms with van der Waals surface area (Å²) >= 11 is 0. The van der Waals surface area contributed by atoms with Crippen molar-refractivity contribution in [2.24, 2.45) is 0 Å². The van der Waals surface area contributed by atoms with Gasteiger partial charge in [-0.3, -0.25) is 5.32 Å². The first-order valence-electron chi connectivity index (χ1n) is 9.62. The van der Waals surface area contributed by atoms with E-state index in [9.17, 15) is 9.59 Å². The van der Waals surface area contributed by atoms with Crippen molar-refractivity contribution in [3.63, 3.8) is 0 Å². The van der Waals surface area contributed by atoms with E-state index in [0.29, 0.717) is 17.8 Å². The van der Waals surface area contributed by atoms with E-state index in [0.717, 1.165) is 36.6 Å². The van der Waals surface area contributed by atoms with E-state index in [2.05, 4.69) is 16.0 Å². The largest absolute Gasteiger partial charge is 0.421 e. The normalized spacial score (nSPS) is 14.1. The lowest BCUT2D eigenvalue weighted by Crippen LogP contribution is -2.31. The van der Waals surface area contributed by atoms with Crippen LogP contribution >= 0.6 is 0 Å². The standard InChI is InChI=1S/C22H23N3O3/c26-21-20(25-22(27)23-14-15-8-2-1-3-9-15)19(24-16-10-4-5-11-16)17-12-6-7-13-18(17)28-21/h1-3,6-9,12-13,16,24H,4-5,10-11,14H2,(H2,23,25,27). The number of fused-ring (bicyclic) bond motifs is 1. The van der Waals surface area contributed by atoms with Crippen LogP contribution in [0.1, 0.15) is 31.2 Å². The number of nitrogens with one attached hydrogen (secondary N) is 3. The lowest BCUT2D eigenvalue weighted by Gasteiger charge is -2.18. The molecule has 1 fully saturated rings. The molecule has 6 nitrogen and oxygen atoms in total. The number of para-hydroxylation sites is 1. The van der Waals surface area contributed by atoms with Gasteiger partial charge in [0.2, 0.25) is 0 Å². The van der Waals surface area contributed by atoms with Gasteiger partial charge in [0.1, 0.15) is 5.58 Å². The van der Waals surface area contributed by atoms with E-state index < -0.39 is 11.7 Å². The molecule has 0 atom stereocenters. The summed E-state index contributed by atoms with van der Waals surface area (Å²) in [6.45, 7) is 0.372. The first kappa shape index (κ1) is 18.1. The first-order valence-corrected chi connectivity index (χ1v) is 9.62. The Morgan fingerprint density at radius 3 is 2.46 bits per heavy atom. The average molecular weight is 377 g/mol. The smallest absolute Gasteiger partial charge is 0.362 e. The molecule has 0 spiro atoms. The second kappa shape index (κ2) is 8.17. The van der Waals surface area contributed by atoms with Gasteiger partial charge in [-0.25, -0.2) is 9.59 Å². The monoisotopic (exact) mass is 377 g/mol. The molecule has 2 aromatic carbocycles. The molecule has 1 aliphatic rings. The Labute approximate surface area is 162 Å². The zero-order chi connectivity index (χ0) is 19.3. The maximum absolute atomic E-state index is 12.6. The van der Waals surface area contributed by atoms with Crippen molar-refractivity contribution in [2.45, 2.75) is 38.3 Å². The number of rotatable bonds is 5. The van der Waals surface area contributed by atoms with E-state index in [4.69, 9.17) is 4.42 Å². The summed E-state index contributed by atoms with van der Waals surface area (Å²) in [4.78, 5) is 25.0. The van der Waals surface area contributed by atoms with Crippen LogP contribution in [-0.2, 0) is 6.54 Å². The maximum Gasteiger partial charge on any atom is 0.362 e. The first-order chi connectivity index (χ1) is 13.7. The number of benzene rings is 2. The van der Waals surface area contributed by atoms with E-state index in [-0.39, 0.29) is 11.7 Å². The summed E-state index contributed by atoms with van der Waals surface area (Å²) < 4.78 is 5.42. The summed E-state index contributed by atoms with van der Waals surface area (Å²) in [5.41, 5.74) is 1.70. The summed E-state index contributed by atoms with van der Waals surface area (Å²) in [5, 5.41) is 9.74. The molecule has 3 aromatic rings. The highest BCUT2D eigenvalue weighted by Crippen LogP contribution is 2.32. The van der Waals surface area contributed by atoms with Crippen LogP contribution in [0.25, 0.3) is 11.0 Å². The minimum Gasteiger partial charge on any atom is -0.421 e. The Hall–Kier alpha value is -3.28. The molecule has 28 heavy (non-hydrogen) atoms. The molecule has 1 heterocycles. The van der Waals surface area contributed by atoms with Gasteiger partial charge in [-0.2, -0.15) is 0 Å². The van der Waals surface area contributed by atoms with Crippen LogP contribution in [-0.4, -0.2) is 12.1 Å². The van der Waals surface area contributed by atoms with Crippen LogP contribution in [0.4, 0.5) is 16.2 Å². The highest BCUT2D eigenvalue weighted by Gasteiger charge is 2.21. The molecule has 0 radical (unpaired) electrons. The Balaban J connectivity index is 1.60. The van der Waals surface area contributed by atoms with Crippen LogP contribution in [0.3, 0.4) is 0 Å². The third-order valence-corrected chi connectivity index (χ3v) is 5.05. The zero-order valence-corrected chi connectivity index (χ0v) is 15.5. The summed E-state index contributed by atoms with van der Waals surface area (Å²) in [5.74, 6) is 0. The summed E-state index contributed by atoms with van der Waals surface area (Å²) in [6.07, 6.45) is 4.43. The van der Waals surface area contributed by atoms with Crippen LogP contribution < -0.4 is 21.6 Å². The predicted octanol–water partition coefficient (Wildman–Crippen LogP) is 4.47. The minimum atomic E-state index is -0.561. The van der Waals surface area contributed by atoms with Gasteiger partial charge in [0, 0.05) is 18.0 Å². The van der Waals surface area contributed by atoms with Crippen molar-refractivity contribution >= 4 is 28.4 Å². The third kappa shape index (κ3) is 4.01. The van der Waals surface area contributed by atoms with E-state index in [1.54, 1.807) is 6.07 Å². The molecule has 1 saturated carbocycles. The van der Waals surface area contributed by atoms with Crippen LogP contribution in [0.5, 0.6) is 0 Å². The molecule has 0 aliphatic heterocycles. The molecule has 144 valence electrons. The van der Waals surface area contributed by atoms with Crippen molar-refractivity contribution in [3.8, 4) is 0 Å². The predicted molar refractivity (Wildman–Crippen MR) is 111 cm³/mol. The molecule has 6 heteroatoms. The fourth-order valence-corrected chi connectivity index (χ4v) is 3.62. The van der Waals surface area contributed by atoms with Crippen molar-refractivity contribution in [3.05, 3.63) is 70.6 Å². The lowest BCUT2D eigenvalue weighted by molar-refractivity contribution is 0.251. The molecule has 4 rings (SSSR count). The molecule has 0 saturated heterocycles. The zero-order valence-electron chi connectivity index (χ0n) is 15.5. The molecule has 1 aliphatic carbocycles. The molecular weight excluding hydrogens is 354 g/mol. The lowest BCUT2D eigenvalue weighted by atomic mass is 10.1. The summed E-state index contributed by atoms with van der Waals surface area (Å²) in [6, 6.07) is 16.8. The molecular formula is C22H23N3O3. The van der Waals surface area contributed by atoms with Gasteiger partial charge in [-0.05, 0) is 30.5 Å². The van der Waals surface area contributed by atoms with E-state index in [1.165, 1.54) is 0 Å². The molecule has 3 N–H and O–H groups in total. The van der Waals surface area contributed by atoms with Gasteiger partial charge < -0.3 is 15.1 Å². The molecule has 2 amide bonds. The quantitative estimate of drug-likeness (QED) is 0.573. The Morgan fingerprint density at radius 1 is 0.964 bits per heavy atom. The van der Waals surface area contributed by atoms with Crippen LogP contribution in [0.2, 0.25) is 0 Å². The van der Waals surface area contributed by atoms with Crippen molar-refractivity contribution in [1.29, 1.82) is 0 Å². The fraction of sp³-hybridized carbons (Fsp3) is 0.273. The van der Waals surface area contributed by atoms with Crippen molar-refractivity contribution in [1.82, 2.24) is 5.32 Å².